The number of hydrogen-bond acceptors (Lipinski definition) is 7. The van der Waals surface area contributed by atoms with E-state index in [4.69, 9.17) is 4.52 Å². The van der Waals surface area contributed by atoms with Gasteiger partial charge < -0.3 is 20.3 Å². The summed E-state index contributed by atoms with van der Waals surface area (Å²) in [4.78, 5) is 29.0. The number of carbonyl (C=O) groups is 2. The molecule has 3 aromatic rings. The fraction of sp³-hybridized carbons (Fsp3) is 0.273. The van der Waals surface area contributed by atoms with Crippen molar-refractivity contribution in [2.75, 3.05) is 13.1 Å². The van der Waals surface area contributed by atoms with Gasteiger partial charge in [-0.3, -0.25) is 9.59 Å². The molecule has 0 bridgehead atoms. The molecule has 0 saturated heterocycles. The topological polar surface area (TPSA) is 117 Å². The van der Waals surface area contributed by atoms with Gasteiger partial charge in [0.2, 0.25) is 0 Å². The summed E-state index contributed by atoms with van der Waals surface area (Å²) in [6.45, 7) is 4.55. The minimum absolute atomic E-state index is 0.0411. The molecule has 2 heterocycles. The minimum atomic E-state index is -0.271. The number of rotatable bonds is 9. The van der Waals surface area contributed by atoms with E-state index in [9.17, 15) is 14.7 Å². The molecule has 0 aliphatic heterocycles. The normalized spacial score (nSPS) is 10.6. The first-order valence-corrected chi connectivity index (χ1v) is 10.8. The SMILES string of the molecule is Cc1noc(C)c1CSc1ncccc1C(=O)NCCCNC(=O)c1cccc(O)c1. The molecule has 0 aliphatic carbocycles. The largest absolute Gasteiger partial charge is 0.508 e. The molecule has 0 atom stereocenters. The lowest BCUT2D eigenvalue weighted by Gasteiger charge is -2.10. The van der Waals surface area contributed by atoms with Crippen molar-refractivity contribution >= 4 is 23.6 Å². The highest BCUT2D eigenvalue weighted by Crippen LogP contribution is 2.27. The number of aromatic nitrogens is 2. The maximum absolute atomic E-state index is 12.6. The van der Waals surface area contributed by atoms with Crippen molar-refractivity contribution in [3.8, 4) is 5.75 Å². The van der Waals surface area contributed by atoms with Crippen LogP contribution < -0.4 is 10.6 Å². The summed E-state index contributed by atoms with van der Waals surface area (Å²) in [6, 6.07) is 9.61. The third-order valence-electron chi connectivity index (χ3n) is 4.58. The van der Waals surface area contributed by atoms with Gasteiger partial charge in [-0.2, -0.15) is 0 Å². The van der Waals surface area contributed by atoms with Crippen LogP contribution in [0.15, 0.2) is 52.1 Å². The van der Waals surface area contributed by atoms with Crippen molar-refractivity contribution in [1.82, 2.24) is 20.8 Å². The number of phenols is 1. The zero-order valence-corrected chi connectivity index (χ0v) is 18.2. The Bertz CT molecular complexity index is 1050. The van der Waals surface area contributed by atoms with Gasteiger partial charge in [-0.1, -0.05) is 11.2 Å². The van der Waals surface area contributed by atoms with Crippen LogP contribution in [0.2, 0.25) is 0 Å². The van der Waals surface area contributed by atoms with E-state index in [2.05, 4.69) is 20.8 Å². The Balaban J connectivity index is 1.47. The van der Waals surface area contributed by atoms with E-state index in [0.717, 1.165) is 17.0 Å². The lowest BCUT2D eigenvalue weighted by molar-refractivity contribution is 0.0949. The monoisotopic (exact) mass is 440 g/mol. The molecular formula is C22H24N4O4S. The van der Waals surface area contributed by atoms with Crippen LogP contribution in [0.3, 0.4) is 0 Å². The highest BCUT2D eigenvalue weighted by Gasteiger charge is 2.15. The Labute approximate surface area is 184 Å². The van der Waals surface area contributed by atoms with E-state index in [1.807, 2.05) is 13.8 Å². The average Bonchev–Trinajstić information content (AvgIpc) is 3.09. The molecule has 162 valence electrons. The Morgan fingerprint density at radius 1 is 1.10 bits per heavy atom. The van der Waals surface area contributed by atoms with Gasteiger partial charge in [0.05, 0.1) is 11.3 Å². The van der Waals surface area contributed by atoms with Gasteiger partial charge in [-0.15, -0.1) is 11.8 Å². The molecular weight excluding hydrogens is 416 g/mol. The molecule has 1 aromatic carbocycles. The number of nitrogens with zero attached hydrogens (tertiary/aromatic N) is 2. The van der Waals surface area contributed by atoms with Crippen LogP contribution in [0.5, 0.6) is 5.75 Å². The number of nitrogens with one attached hydrogen (secondary N) is 2. The Morgan fingerprint density at radius 2 is 1.87 bits per heavy atom. The highest BCUT2D eigenvalue weighted by atomic mass is 32.2. The number of thioether (sulfide) groups is 1. The molecule has 2 aromatic heterocycles. The molecule has 0 saturated carbocycles. The molecule has 2 amide bonds. The van der Waals surface area contributed by atoms with E-state index in [0.29, 0.717) is 41.4 Å². The smallest absolute Gasteiger partial charge is 0.254 e. The molecule has 3 rings (SSSR count). The van der Waals surface area contributed by atoms with E-state index in [1.165, 1.54) is 23.9 Å². The number of carbonyl (C=O) groups excluding carboxylic acids is 2. The highest BCUT2D eigenvalue weighted by molar-refractivity contribution is 7.98. The van der Waals surface area contributed by atoms with Gasteiger partial charge in [0.25, 0.3) is 11.8 Å². The summed E-state index contributed by atoms with van der Waals surface area (Å²) < 4.78 is 5.18. The summed E-state index contributed by atoms with van der Waals surface area (Å²) in [5, 5.41) is 19.7. The second-order valence-corrected chi connectivity index (χ2v) is 7.83. The van der Waals surface area contributed by atoms with E-state index < -0.39 is 0 Å². The Morgan fingerprint density at radius 3 is 2.58 bits per heavy atom. The van der Waals surface area contributed by atoms with E-state index in [1.54, 1.807) is 30.5 Å². The fourth-order valence-corrected chi connectivity index (χ4v) is 4.01. The number of amides is 2. The van der Waals surface area contributed by atoms with Crippen LogP contribution in [-0.4, -0.2) is 40.2 Å². The van der Waals surface area contributed by atoms with Crippen LogP contribution in [-0.2, 0) is 5.75 Å². The molecule has 31 heavy (non-hydrogen) atoms. The summed E-state index contributed by atoms with van der Waals surface area (Å²) >= 11 is 1.46. The molecule has 3 N–H and O–H groups in total. The van der Waals surface area contributed by atoms with Gasteiger partial charge in [-0.05, 0) is 50.6 Å². The summed E-state index contributed by atoms with van der Waals surface area (Å²) in [5.74, 6) is 0.930. The average molecular weight is 441 g/mol. The lowest BCUT2D eigenvalue weighted by atomic mass is 10.2. The first-order valence-electron chi connectivity index (χ1n) is 9.80. The van der Waals surface area contributed by atoms with Gasteiger partial charge in [0.15, 0.2) is 0 Å². The zero-order valence-electron chi connectivity index (χ0n) is 17.3. The lowest BCUT2D eigenvalue weighted by Crippen LogP contribution is -2.30. The fourth-order valence-electron chi connectivity index (χ4n) is 2.86. The zero-order chi connectivity index (χ0) is 22.2. The molecule has 0 unspecified atom stereocenters. The third-order valence-corrected chi connectivity index (χ3v) is 5.62. The van der Waals surface area contributed by atoms with Crippen LogP contribution in [0.25, 0.3) is 0 Å². The number of aromatic hydroxyl groups is 1. The predicted octanol–water partition coefficient (Wildman–Crippen LogP) is 3.23. The molecule has 9 heteroatoms. The number of phenolic OH excluding ortho intramolecular Hbond substituents is 1. The standard InChI is InChI=1S/C22H24N4O4S/c1-14-19(15(2)30-26-14)13-31-22-18(8-4-9-25-22)21(29)24-11-5-10-23-20(28)16-6-3-7-17(27)12-16/h3-4,6-9,12,27H,5,10-11,13H2,1-2H3,(H,23,28)(H,24,29). The second-order valence-electron chi connectivity index (χ2n) is 6.86. The molecule has 0 aliphatic rings. The number of pyridine rings is 1. The molecule has 0 radical (unpaired) electrons. The Hall–Kier alpha value is -3.33. The summed E-state index contributed by atoms with van der Waals surface area (Å²) in [7, 11) is 0. The van der Waals surface area contributed by atoms with E-state index in [-0.39, 0.29) is 17.6 Å². The van der Waals surface area contributed by atoms with Crippen LogP contribution >= 0.6 is 11.8 Å². The quantitative estimate of drug-likeness (QED) is 0.345. The molecule has 8 nitrogen and oxygen atoms in total. The van der Waals surface area contributed by atoms with Crippen LogP contribution in [0, 0.1) is 13.8 Å². The van der Waals surface area contributed by atoms with Gasteiger partial charge in [0, 0.05) is 36.2 Å². The first kappa shape index (κ1) is 22.4. The summed E-state index contributed by atoms with van der Waals surface area (Å²) in [5.41, 5.74) is 2.73. The maximum Gasteiger partial charge on any atom is 0.254 e. The van der Waals surface area contributed by atoms with Crippen molar-refractivity contribution in [2.24, 2.45) is 0 Å². The van der Waals surface area contributed by atoms with Crippen LogP contribution in [0.4, 0.5) is 0 Å². The van der Waals surface area contributed by atoms with Crippen molar-refractivity contribution in [3.05, 3.63) is 70.7 Å². The number of benzene rings is 1. The first-order chi connectivity index (χ1) is 15.0. The third kappa shape index (κ3) is 6.08. The van der Waals surface area contributed by atoms with Gasteiger partial charge >= 0.3 is 0 Å². The number of aryl methyl sites for hydroxylation is 2. The molecule has 0 spiro atoms. The summed E-state index contributed by atoms with van der Waals surface area (Å²) in [6.07, 6.45) is 2.22. The second kappa shape index (κ2) is 10.6. The van der Waals surface area contributed by atoms with Crippen molar-refractivity contribution in [1.29, 1.82) is 0 Å². The Kier molecular flexibility index (Phi) is 7.66. The van der Waals surface area contributed by atoms with Crippen molar-refractivity contribution < 1.29 is 19.2 Å². The minimum Gasteiger partial charge on any atom is -0.508 e. The number of hydrogen-bond donors (Lipinski definition) is 3. The van der Waals surface area contributed by atoms with Crippen LogP contribution in [0.1, 0.15) is 44.2 Å². The van der Waals surface area contributed by atoms with Gasteiger partial charge in [-0.25, -0.2) is 4.98 Å². The molecule has 0 fully saturated rings. The van der Waals surface area contributed by atoms with E-state index >= 15 is 0 Å². The van der Waals surface area contributed by atoms with Gasteiger partial charge in [0.1, 0.15) is 16.5 Å². The van der Waals surface area contributed by atoms with Crippen molar-refractivity contribution in [3.63, 3.8) is 0 Å². The van der Waals surface area contributed by atoms with Crippen molar-refractivity contribution in [2.45, 2.75) is 31.0 Å². The maximum atomic E-state index is 12.6. The predicted molar refractivity (Wildman–Crippen MR) is 117 cm³/mol.